The Bertz CT molecular complexity index is 2480. The highest BCUT2D eigenvalue weighted by atomic mass is 16.5. The van der Waals surface area contributed by atoms with E-state index in [1.165, 1.54) is 38.9 Å². The van der Waals surface area contributed by atoms with E-state index >= 15 is 0 Å². The fraction of sp³-hybridized carbons (Fsp3) is 0.0213. The van der Waals surface area contributed by atoms with Gasteiger partial charge in [0.05, 0.1) is 11.1 Å². The zero-order valence-corrected chi connectivity index (χ0v) is 26.8. The largest absolute Gasteiger partial charge is 0.456 e. The van der Waals surface area contributed by atoms with E-state index in [1.54, 1.807) is 0 Å². The molecule has 0 radical (unpaired) electrons. The third-order valence-corrected chi connectivity index (χ3v) is 10.3. The molecule has 49 heavy (non-hydrogen) atoms. The van der Waals surface area contributed by atoms with Gasteiger partial charge < -0.3 is 9.64 Å². The Labute approximate surface area is 286 Å². The van der Waals surface area contributed by atoms with Crippen LogP contribution in [0.15, 0.2) is 188 Å². The summed E-state index contributed by atoms with van der Waals surface area (Å²) < 4.78 is 6.50. The van der Waals surface area contributed by atoms with Crippen molar-refractivity contribution in [2.75, 3.05) is 4.90 Å². The van der Waals surface area contributed by atoms with Crippen LogP contribution in [-0.2, 0) is 5.41 Å². The smallest absolute Gasteiger partial charge is 0.135 e. The maximum atomic E-state index is 6.50. The summed E-state index contributed by atoms with van der Waals surface area (Å²) in [4.78, 5) is 2.41. The molecule has 0 saturated heterocycles. The van der Waals surface area contributed by atoms with Crippen LogP contribution in [0.4, 0.5) is 17.1 Å². The number of hydrogen-bond donors (Lipinski definition) is 0. The second-order valence-electron chi connectivity index (χ2n) is 12.8. The second-order valence-corrected chi connectivity index (χ2v) is 12.8. The summed E-state index contributed by atoms with van der Waals surface area (Å²) in [7, 11) is 0. The van der Waals surface area contributed by atoms with Gasteiger partial charge in [-0.15, -0.1) is 0 Å². The zero-order chi connectivity index (χ0) is 32.4. The van der Waals surface area contributed by atoms with Crippen molar-refractivity contribution in [1.82, 2.24) is 0 Å². The fourth-order valence-electron chi connectivity index (χ4n) is 8.33. The molecule has 230 valence electrons. The standard InChI is InChI=1S/C47H31NO/c1-4-15-32(16-5-1)47(33-17-6-2-7-18-33)41-24-12-10-21-36(41)37-28-27-35(31-42(37)47)48(34-19-8-3-9-20-34)43-30-29-39-38-22-11-13-25-44(38)49-45-26-14-23-40(43)46(39)45/h1-31H. The number of hydrogen-bond acceptors (Lipinski definition) is 2. The molecule has 8 aromatic carbocycles. The molecule has 2 heteroatoms. The van der Waals surface area contributed by atoms with Gasteiger partial charge in [0.1, 0.15) is 11.5 Å². The summed E-state index contributed by atoms with van der Waals surface area (Å²) >= 11 is 0. The molecular weight excluding hydrogens is 595 g/mol. The Morgan fingerprint density at radius 2 is 0.980 bits per heavy atom. The molecule has 0 unspecified atom stereocenters. The molecule has 0 bridgehead atoms. The third kappa shape index (κ3) is 4.01. The van der Waals surface area contributed by atoms with Crippen LogP contribution >= 0.6 is 0 Å². The van der Waals surface area contributed by atoms with Crippen LogP contribution in [0.5, 0.6) is 11.5 Å². The van der Waals surface area contributed by atoms with Crippen LogP contribution in [0.25, 0.3) is 33.0 Å². The fourth-order valence-corrected chi connectivity index (χ4v) is 8.33. The Balaban J connectivity index is 1.26. The van der Waals surface area contributed by atoms with Crippen molar-refractivity contribution >= 4 is 27.8 Å². The highest BCUT2D eigenvalue weighted by Gasteiger charge is 2.46. The summed E-state index contributed by atoms with van der Waals surface area (Å²) in [5.74, 6) is 1.78. The Morgan fingerprint density at radius 1 is 0.388 bits per heavy atom. The minimum absolute atomic E-state index is 0.482. The molecule has 2 aliphatic rings. The summed E-state index contributed by atoms with van der Waals surface area (Å²) in [5, 5.41) is 2.28. The van der Waals surface area contributed by atoms with Crippen LogP contribution < -0.4 is 9.64 Å². The van der Waals surface area contributed by atoms with Crippen molar-refractivity contribution in [3.8, 4) is 33.8 Å². The molecule has 2 nitrogen and oxygen atoms in total. The number of benzene rings is 8. The van der Waals surface area contributed by atoms with Crippen LogP contribution in [-0.4, -0.2) is 0 Å². The van der Waals surface area contributed by atoms with Crippen molar-refractivity contribution in [1.29, 1.82) is 0 Å². The lowest BCUT2D eigenvalue weighted by Crippen LogP contribution is -2.28. The number of rotatable bonds is 5. The minimum atomic E-state index is -0.482. The summed E-state index contributed by atoms with van der Waals surface area (Å²) in [6, 6.07) is 68.0. The van der Waals surface area contributed by atoms with Gasteiger partial charge in [0.2, 0.25) is 0 Å². The predicted octanol–water partition coefficient (Wildman–Crippen LogP) is 12.4. The number of fused-ring (bicyclic) bond motifs is 5. The molecule has 0 amide bonds. The number of ether oxygens (including phenoxy) is 1. The first-order chi connectivity index (χ1) is 24.3. The van der Waals surface area contributed by atoms with Crippen LogP contribution in [0.1, 0.15) is 22.3 Å². The van der Waals surface area contributed by atoms with Crippen LogP contribution in [0.2, 0.25) is 0 Å². The quantitative estimate of drug-likeness (QED) is 0.189. The normalized spacial score (nSPS) is 13.2. The van der Waals surface area contributed by atoms with Crippen LogP contribution in [0.3, 0.4) is 0 Å². The monoisotopic (exact) mass is 625 g/mol. The van der Waals surface area contributed by atoms with E-state index in [2.05, 4.69) is 187 Å². The molecule has 8 aromatic rings. The lowest BCUT2D eigenvalue weighted by Gasteiger charge is -2.35. The maximum Gasteiger partial charge on any atom is 0.135 e. The third-order valence-electron chi connectivity index (χ3n) is 10.3. The van der Waals surface area contributed by atoms with E-state index in [4.69, 9.17) is 4.74 Å². The van der Waals surface area contributed by atoms with E-state index in [9.17, 15) is 0 Å². The summed E-state index contributed by atoms with van der Waals surface area (Å²) in [5.41, 5.74) is 12.8. The van der Waals surface area contributed by atoms with E-state index in [1.807, 2.05) is 6.07 Å². The zero-order valence-electron chi connectivity index (χ0n) is 26.8. The number of para-hydroxylation sites is 2. The molecule has 0 fully saturated rings. The lowest BCUT2D eigenvalue weighted by atomic mass is 9.67. The highest BCUT2D eigenvalue weighted by molar-refractivity contribution is 6.11. The van der Waals surface area contributed by atoms with E-state index in [-0.39, 0.29) is 0 Å². The SMILES string of the molecule is c1ccc(N(c2ccc3c(c2)C(c2ccccc2)(c2ccccc2)c2ccccc2-3)c2ccc3c4c(cccc24)Oc2ccccc2-3)cc1. The van der Waals surface area contributed by atoms with Gasteiger partial charge in [0, 0.05) is 27.7 Å². The first kappa shape index (κ1) is 27.7. The van der Waals surface area contributed by atoms with Gasteiger partial charge in [0.15, 0.2) is 0 Å². The first-order valence-corrected chi connectivity index (χ1v) is 16.9. The molecule has 1 aliphatic carbocycles. The Kier molecular flexibility index (Phi) is 6.13. The molecule has 0 N–H and O–H groups in total. The molecule has 0 atom stereocenters. The van der Waals surface area contributed by atoms with Crippen molar-refractivity contribution in [3.63, 3.8) is 0 Å². The summed E-state index contributed by atoms with van der Waals surface area (Å²) in [6.45, 7) is 0. The molecule has 1 heterocycles. The van der Waals surface area contributed by atoms with Gasteiger partial charge in [-0.05, 0) is 81.4 Å². The number of nitrogens with zero attached hydrogens (tertiary/aromatic N) is 1. The van der Waals surface area contributed by atoms with Gasteiger partial charge in [-0.1, -0.05) is 146 Å². The molecule has 0 saturated carbocycles. The van der Waals surface area contributed by atoms with Crippen molar-refractivity contribution in [2.45, 2.75) is 5.41 Å². The lowest BCUT2D eigenvalue weighted by molar-refractivity contribution is 0.487. The van der Waals surface area contributed by atoms with Crippen molar-refractivity contribution in [2.24, 2.45) is 0 Å². The number of anilines is 3. The molecule has 1 aliphatic heterocycles. The van der Waals surface area contributed by atoms with Crippen LogP contribution in [0, 0.1) is 0 Å². The highest BCUT2D eigenvalue weighted by Crippen LogP contribution is 2.58. The van der Waals surface area contributed by atoms with Gasteiger partial charge in [0.25, 0.3) is 0 Å². The second kappa shape index (κ2) is 10.8. The molecule has 0 spiro atoms. The van der Waals surface area contributed by atoms with Crippen molar-refractivity contribution in [3.05, 3.63) is 210 Å². The average molecular weight is 626 g/mol. The summed E-state index contributed by atoms with van der Waals surface area (Å²) in [6.07, 6.45) is 0. The topological polar surface area (TPSA) is 12.5 Å². The van der Waals surface area contributed by atoms with Crippen molar-refractivity contribution < 1.29 is 4.74 Å². The van der Waals surface area contributed by atoms with E-state index in [0.29, 0.717) is 0 Å². The van der Waals surface area contributed by atoms with Gasteiger partial charge in [-0.2, -0.15) is 0 Å². The van der Waals surface area contributed by atoms with E-state index in [0.717, 1.165) is 44.9 Å². The molecule has 10 rings (SSSR count). The van der Waals surface area contributed by atoms with Gasteiger partial charge in [-0.3, -0.25) is 0 Å². The minimum Gasteiger partial charge on any atom is -0.456 e. The molecular formula is C47H31NO. The van der Waals surface area contributed by atoms with Gasteiger partial charge in [-0.25, -0.2) is 0 Å². The molecule has 0 aromatic heterocycles. The van der Waals surface area contributed by atoms with Gasteiger partial charge >= 0.3 is 0 Å². The Hall–Kier alpha value is -6.38. The maximum absolute atomic E-state index is 6.50. The van der Waals surface area contributed by atoms with E-state index < -0.39 is 5.41 Å². The predicted molar refractivity (Wildman–Crippen MR) is 201 cm³/mol. The first-order valence-electron chi connectivity index (χ1n) is 16.9. The Morgan fingerprint density at radius 3 is 1.73 bits per heavy atom. The average Bonchev–Trinajstić information content (AvgIpc) is 3.47.